The second-order valence-electron chi connectivity index (χ2n) is 7.84. The van der Waals surface area contributed by atoms with E-state index in [9.17, 15) is 4.79 Å². The van der Waals surface area contributed by atoms with Gasteiger partial charge in [-0.15, -0.1) is 0 Å². The van der Waals surface area contributed by atoms with Gasteiger partial charge in [-0.05, 0) is 35.4 Å². The quantitative estimate of drug-likeness (QED) is 0.564. The molecule has 3 heterocycles. The Kier molecular flexibility index (Phi) is 5.63. The van der Waals surface area contributed by atoms with Gasteiger partial charge in [0.1, 0.15) is 5.25 Å². The Balaban J connectivity index is 1.23. The van der Waals surface area contributed by atoms with E-state index < -0.39 is 5.25 Å². The van der Waals surface area contributed by atoms with Crippen molar-refractivity contribution in [1.82, 2.24) is 5.43 Å². The lowest BCUT2D eigenvalue weighted by molar-refractivity contribution is -0.114. The lowest BCUT2D eigenvalue weighted by atomic mass is 10.1. The number of hydrazone groups is 1. The van der Waals surface area contributed by atoms with Crippen molar-refractivity contribution in [2.75, 3.05) is 18.9 Å². The third-order valence-corrected chi connectivity index (χ3v) is 6.66. The van der Waals surface area contributed by atoms with Crippen molar-refractivity contribution in [3.63, 3.8) is 0 Å². The van der Waals surface area contributed by atoms with Gasteiger partial charge in [-0.25, -0.2) is 0 Å². The largest absolute Gasteiger partial charge is 0.454 e. The molecular formula is C25H20N4O5S. The summed E-state index contributed by atoms with van der Waals surface area (Å²) in [5.74, 6) is 2.47. The molecule has 9 nitrogen and oxygen atoms in total. The van der Waals surface area contributed by atoms with E-state index in [-0.39, 0.29) is 19.5 Å². The summed E-state index contributed by atoms with van der Waals surface area (Å²) in [6.45, 7) is 0.797. The van der Waals surface area contributed by atoms with Gasteiger partial charge in [-0.1, -0.05) is 48.2 Å². The number of ether oxygens (including phenoxy) is 4. The predicted molar refractivity (Wildman–Crippen MR) is 132 cm³/mol. The van der Waals surface area contributed by atoms with E-state index in [2.05, 4.69) is 20.8 Å². The molecule has 0 saturated carbocycles. The van der Waals surface area contributed by atoms with E-state index in [0.29, 0.717) is 40.4 Å². The summed E-state index contributed by atoms with van der Waals surface area (Å²) in [5, 5.41) is 7.43. The van der Waals surface area contributed by atoms with Crippen LogP contribution in [0.25, 0.3) is 0 Å². The number of nitrogens with zero attached hydrogens (tertiary/aromatic N) is 2. The lowest BCUT2D eigenvalue weighted by Crippen LogP contribution is -2.40. The molecule has 6 rings (SSSR count). The van der Waals surface area contributed by atoms with Gasteiger partial charge >= 0.3 is 0 Å². The molecular weight excluding hydrogens is 468 g/mol. The van der Waals surface area contributed by atoms with E-state index in [1.807, 2.05) is 48.5 Å². The number of benzene rings is 3. The molecule has 1 amide bonds. The smallest absolute Gasteiger partial charge is 0.244 e. The fourth-order valence-corrected chi connectivity index (χ4v) is 4.75. The van der Waals surface area contributed by atoms with Crippen LogP contribution in [0.15, 0.2) is 76.8 Å². The van der Waals surface area contributed by atoms with Gasteiger partial charge in [0.05, 0.1) is 12.3 Å². The zero-order valence-corrected chi connectivity index (χ0v) is 19.2. The molecule has 0 spiro atoms. The number of rotatable bonds is 5. The summed E-state index contributed by atoms with van der Waals surface area (Å²) in [4.78, 5) is 18.0. The van der Waals surface area contributed by atoms with Gasteiger partial charge in [0.25, 0.3) is 0 Å². The molecule has 0 aromatic heterocycles. The molecule has 10 heteroatoms. The molecule has 3 aromatic carbocycles. The number of carbonyl (C=O) groups is 1. The van der Waals surface area contributed by atoms with Crippen molar-refractivity contribution in [2.24, 2.45) is 10.1 Å². The number of carbonyl (C=O) groups excluding carboxylic acids is 1. The van der Waals surface area contributed by atoms with Gasteiger partial charge in [-0.3, -0.25) is 15.2 Å². The molecule has 0 fully saturated rings. The summed E-state index contributed by atoms with van der Waals surface area (Å²) in [6.07, 6.45) is 0. The topological polar surface area (TPSA) is 103 Å². The predicted octanol–water partition coefficient (Wildman–Crippen LogP) is 3.75. The second-order valence-corrected chi connectivity index (χ2v) is 8.93. The first kappa shape index (κ1) is 21.4. The number of hydrogen-bond donors (Lipinski definition) is 2. The zero-order chi connectivity index (χ0) is 23.6. The third-order valence-electron chi connectivity index (χ3n) is 5.54. The van der Waals surface area contributed by atoms with Crippen molar-refractivity contribution >= 4 is 34.2 Å². The zero-order valence-electron chi connectivity index (χ0n) is 18.4. The average molecular weight is 489 g/mol. The van der Waals surface area contributed by atoms with Gasteiger partial charge < -0.3 is 24.3 Å². The van der Waals surface area contributed by atoms with E-state index >= 15 is 0 Å². The molecule has 0 saturated heterocycles. The highest BCUT2D eigenvalue weighted by Crippen LogP contribution is 2.35. The van der Waals surface area contributed by atoms with E-state index in [1.165, 1.54) is 11.8 Å². The number of anilines is 1. The summed E-state index contributed by atoms with van der Waals surface area (Å²) in [5.41, 5.74) is 6.05. The normalized spacial score (nSPS) is 18.7. The lowest BCUT2D eigenvalue weighted by Gasteiger charge is -2.24. The monoisotopic (exact) mass is 488 g/mol. The van der Waals surface area contributed by atoms with Crippen molar-refractivity contribution < 1.29 is 23.7 Å². The average Bonchev–Trinajstić information content (AvgIpc) is 3.56. The minimum Gasteiger partial charge on any atom is -0.454 e. The number of amides is 1. The molecule has 3 aromatic rings. The van der Waals surface area contributed by atoms with Crippen LogP contribution in [0.4, 0.5) is 5.69 Å². The Morgan fingerprint density at radius 3 is 2.46 bits per heavy atom. The number of fused-ring (bicyclic) bond motifs is 2. The maximum Gasteiger partial charge on any atom is 0.244 e. The Morgan fingerprint density at radius 2 is 1.66 bits per heavy atom. The van der Waals surface area contributed by atoms with Crippen molar-refractivity contribution in [1.29, 1.82) is 0 Å². The standard InChI is InChI=1S/C25H20N4O5S/c30-24(27-17-7-9-19-21(11-17)34-14-32-19)23-22(16-4-2-1-3-5-16)28-29-25(35-23)26-12-15-6-8-18-20(10-15)33-13-31-18/h1-11,23H,12-14H2,(H,26,29)(H,27,30)/t23-/m0/s1. The van der Waals surface area contributed by atoms with Crippen LogP contribution in [0.3, 0.4) is 0 Å². The second kappa shape index (κ2) is 9.22. The van der Waals surface area contributed by atoms with Crippen LogP contribution in [-0.2, 0) is 11.3 Å². The Bertz CT molecular complexity index is 1340. The number of aliphatic imine (C=N–C) groups is 1. The third kappa shape index (κ3) is 4.47. The van der Waals surface area contributed by atoms with Crippen molar-refractivity contribution in [2.45, 2.75) is 11.8 Å². The van der Waals surface area contributed by atoms with Crippen LogP contribution >= 0.6 is 11.8 Å². The highest BCUT2D eigenvalue weighted by Gasteiger charge is 2.32. The summed E-state index contributed by atoms with van der Waals surface area (Å²) >= 11 is 1.32. The number of thioether (sulfide) groups is 1. The maximum atomic E-state index is 13.4. The molecule has 0 radical (unpaired) electrons. The first-order chi connectivity index (χ1) is 17.2. The number of nitrogens with one attached hydrogen (secondary N) is 2. The van der Waals surface area contributed by atoms with Gasteiger partial charge in [0, 0.05) is 11.8 Å². The molecule has 0 aliphatic carbocycles. The van der Waals surface area contributed by atoms with E-state index in [4.69, 9.17) is 18.9 Å². The molecule has 176 valence electrons. The highest BCUT2D eigenvalue weighted by atomic mass is 32.2. The van der Waals surface area contributed by atoms with Crippen LogP contribution in [-0.4, -0.2) is 35.6 Å². The van der Waals surface area contributed by atoms with Crippen molar-refractivity contribution in [3.8, 4) is 23.0 Å². The van der Waals surface area contributed by atoms with Crippen LogP contribution in [0.1, 0.15) is 11.1 Å². The molecule has 3 aliphatic rings. The summed E-state index contributed by atoms with van der Waals surface area (Å²) in [7, 11) is 0. The SMILES string of the molecule is O=C(Nc1ccc2c(c1)OCO2)[C@H]1SC(=NCc2ccc3c(c2)OCO3)NN=C1c1ccccc1. The van der Waals surface area contributed by atoms with Gasteiger partial charge in [0.2, 0.25) is 19.5 Å². The molecule has 3 aliphatic heterocycles. The van der Waals surface area contributed by atoms with Crippen LogP contribution in [0.5, 0.6) is 23.0 Å². The Morgan fingerprint density at radius 1 is 0.943 bits per heavy atom. The minimum atomic E-state index is -0.612. The molecule has 0 bridgehead atoms. The summed E-state index contributed by atoms with van der Waals surface area (Å²) in [6, 6.07) is 20.6. The van der Waals surface area contributed by atoms with E-state index in [1.54, 1.807) is 18.2 Å². The van der Waals surface area contributed by atoms with Crippen LogP contribution in [0.2, 0.25) is 0 Å². The first-order valence-electron chi connectivity index (χ1n) is 10.9. The fraction of sp³-hybridized carbons (Fsp3) is 0.160. The van der Waals surface area contributed by atoms with Gasteiger partial charge in [-0.2, -0.15) is 5.10 Å². The number of hydrogen-bond acceptors (Lipinski definition) is 8. The maximum absolute atomic E-state index is 13.4. The van der Waals surface area contributed by atoms with Crippen LogP contribution in [0, 0.1) is 0 Å². The summed E-state index contributed by atoms with van der Waals surface area (Å²) < 4.78 is 21.6. The molecule has 2 N–H and O–H groups in total. The van der Waals surface area contributed by atoms with E-state index in [0.717, 1.165) is 16.9 Å². The fourth-order valence-electron chi connectivity index (χ4n) is 3.82. The minimum absolute atomic E-state index is 0.172. The van der Waals surface area contributed by atoms with Crippen LogP contribution < -0.4 is 29.7 Å². The van der Waals surface area contributed by atoms with Gasteiger partial charge in [0.15, 0.2) is 28.2 Å². The molecule has 35 heavy (non-hydrogen) atoms. The molecule has 0 unspecified atom stereocenters. The number of amidine groups is 1. The first-order valence-corrected chi connectivity index (χ1v) is 11.8. The Hall–Kier alpha value is -4.18. The molecule has 1 atom stereocenters. The Labute approximate surface area is 205 Å². The van der Waals surface area contributed by atoms with Crippen molar-refractivity contribution in [3.05, 3.63) is 77.9 Å². The highest BCUT2D eigenvalue weighted by molar-refractivity contribution is 8.15.